The maximum atomic E-state index is 12.2. The number of carbonyl (C=O) groups excluding carboxylic acids is 1. The largest absolute Gasteiger partial charge is 0.322 e. The van der Waals surface area contributed by atoms with E-state index in [1.54, 1.807) is 24.3 Å². The van der Waals surface area contributed by atoms with E-state index in [4.69, 9.17) is 0 Å². The van der Waals surface area contributed by atoms with E-state index < -0.39 is 5.56 Å². The van der Waals surface area contributed by atoms with Gasteiger partial charge >= 0.3 is 0 Å². The first-order chi connectivity index (χ1) is 10.5. The molecular weight excluding hydrogens is 282 g/mol. The fourth-order valence-corrected chi connectivity index (χ4v) is 2.25. The Morgan fingerprint density at radius 2 is 1.68 bits per heavy atom. The van der Waals surface area contributed by atoms with Gasteiger partial charge in [-0.1, -0.05) is 17.7 Å². The van der Waals surface area contributed by atoms with Crippen molar-refractivity contribution >= 4 is 22.4 Å². The third-order valence-electron chi connectivity index (χ3n) is 3.34. The fourth-order valence-electron chi connectivity index (χ4n) is 2.25. The molecule has 3 rings (SSSR count). The third-order valence-corrected chi connectivity index (χ3v) is 3.34. The second-order valence-corrected chi connectivity index (χ2v) is 4.99. The summed E-state index contributed by atoms with van der Waals surface area (Å²) in [7, 11) is 0. The minimum atomic E-state index is -0.416. The van der Waals surface area contributed by atoms with E-state index in [1.165, 1.54) is 12.1 Å². The average molecular weight is 295 g/mol. The van der Waals surface area contributed by atoms with Crippen LogP contribution in [-0.4, -0.2) is 16.1 Å². The van der Waals surface area contributed by atoms with E-state index in [9.17, 15) is 14.4 Å². The summed E-state index contributed by atoms with van der Waals surface area (Å²) < 4.78 is 0. The molecule has 1 amide bonds. The zero-order chi connectivity index (χ0) is 15.7. The number of aryl methyl sites for hydroxylation is 1. The number of amides is 1. The Bertz CT molecular complexity index is 986. The third kappa shape index (κ3) is 2.54. The number of benzene rings is 2. The Morgan fingerprint density at radius 1 is 0.955 bits per heavy atom. The molecule has 0 unspecified atom stereocenters. The molecule has 6 nitrogen and oxygen atoms in total. The van der Waals surface area contributed by atoms with E-state index in [-0.39, 0.29) is 22.2 Å². The Balaban J connectivity index is 1.98. The second-order valence-electron chi connectivity index (χ2n) is 4.99. The lowest BCUT2D eigenvalue weighted by Gasteiger charge is -2.06. The molecule has 1 heterocycles. The lowest BCUT2D eigenvalue weighted by Crippen LogP contribution is -2.19. The van der Waals surface area contributed by atoms with Gasteiger partial charge in [-0.2, -0.15) is 0 Å². The summed E-state index contributed by atoms with van der Waals surface area (Å²) in [4.78, 5) is 35.5. The van der Waals surface area contributed by atoms with Crippen LogP contribution >= 0.6 is 0 Å². The number of fused-ring (bicyclic) bond motifs is 1. The smallest absolute Gasteiger partial charge is 0.270 e. The lowest BCUT2D eigenvalue weighted by atomic mass is 10.1. The number of rotatable bonds is 2. The highest BCUT2D eigenvalue weighted by atomic mass is 16.2. The summed E-state index contributed by atoms with van der Waals surface area (Å²) >= 11 is 0. The molecule has 3 N–H and O–H groups in total. The van der Waals surface area contributed by atoms with Gasteiger partial charge in [0, 0.05) is 11.3 Å². The van der Waals surface area contributed by atoms with Gasteiger partial charge in [0.15, 0.2) is 0 Å². The van der Waals surface area contributed by atoms with E-state index >= 15 is 0 Å². The van der Waals surface area contributed by atoms with Gasteiger partial charge in [0.1, 0.15) is 0 Å². The summed E-state index contributed by atoms with van der Waals surface area (Å²) in [5, 5.41) is 7.73. The number of hydrogen-bond donors (Lipinski definition) is 3. The van der Waals surface area contributed by atoms with Crippen LogP contribution in [0.3, 0.4) is 0 Å². The number of anilines is 1. The highest BCUT2D eigenvalue weighted by Crippen LogP contribution is 2.14. The van der Waals surface area contributed by atoms with Gasteiger partial charge in [0.2, 0.25) is 0 Å². The Morgan fingerprint density at radius 3 is 2.41 bits per heavy atom. The number of aromatic amines is 2. The summed E-state index contributed by atoms with van der Waals surface area (Å²) in [6, 6.07) is 11.8. The number of hydrogen-bond acceptors (Lipinski definition) is 3. The van der Waals surface area contributed by atoms with Gasteiger partial charge in [-0.25, -0.2) is 0 Å². The normalized spacial score (nSPS) is 10.6. The van der Waals surface area contributed by atoms with Crippen LogP contribution in [0.25, 0.3) is 10.8 Å². The Hall–Kier alpha value is -3.15. The first kappa shape index (κ1) is 13.8. The molecule has 0 aliphatic heterocycles. The quantitative estimate of drug-likeness (QED) is 0.672. The van der Waals surface area contributed by atoms with Crippen LogP contribution < -0.4 is 16.4 Å². The van der Waals surface area contributed by atoms with Crippen molar-refractivity contribution in [2.24, 2.45) is 0 Å². The molecule has 22 heavy (non-hydrogen) atoms. The summed E-state index contributed by atoms with van der Waals surface area (Å²) in [5.74, 6) is -0.274. The van der Waals surface area contributed by atoms with Crippen molar-refractivity contribution in [2.45, 2.75) is 6.92 Å². The summed E-state index contributed by atoms with van der Waals surface area (Å²) in [5.41, 5.74) is 1.16. The van der Waals surface area contributed by atoms with Crippen molar-refractivity contribution in [1.29, 1.82) is 0 Å². The van der Waals surface area contributed by atoms with Crippen LogP contribution in [0.1, 0.15) is 15.9 Å². The van der Waals surface area contributed by atoms with Crippen LogP contribution in [0.15, 0.2) is 52.1 Å². The Labute approximate surface area is 124 Å². The van der Waals surface area contributed by atoms with Gasteiger partial charge in [0.25, 0.3) is 17.0 Å². The van der Waals surface area contributed by atoms with E-state index in [0.29, 0.717) is 11.3 Å². The number of carbonyl (C=O) groups is 1. The zero-order valence-electron chi connectivity index (χ0n) is 11.8. The van der Waals surface area contributed by atoms with Crippen molar-refractivity contribution in [1.82, 2.24) is 10.2 Å². The maximum Gasteiger partial charge on any atom is 0.270 e. The molecule has 1 aromatic heterocycles. The SMILES string of the molecule is Cc1cccc(C(=O)Nc2ccc3c(=O)[nH][nH]c(=O)c3c2)c1. The van der Waals surface area contributed by atoms with Gasteiger partial charge in [-0.15, -0.1) is 0 Å². The zero-order valence-corrected chi connectivity index (χ0v) is 11.8. The van der Waals surface area contributed by atoms with Gasteiger partial charge in [0.05, 0.1) is 10.8 Å². The molecule has 0 atom stereocenters. The topological polar surface area (TPSA) is 94.8 Å². The highest BCUT2D eigenvalue weighted by molar-refractivity contribution is 6.05. The molecule has 0 fully saturated rings. The first-order valence-corrected chi connectivity index (χ1v) is 6.67. The van der Waals surface area contributed by atoms with Crippen LogP contribution in [-0.2, 0) is 0 Å². The fraction of sp³-hybridized carbons (Fsp3) is 0.0625. The molecule has 0 bridgehead atoms. The summed E-state index contributed by atoms with van der Waals surface area (Å²) in [6.07, 6.45) is 0. The monoisotopic (exact) mass is 295 g/mol. The Kier molecular flexibility index (Phi) is 3.34. The van der Waals surface area contributed by atoms with Crippen LogP contribution in [0.5, 0.6) is 0 Å². The van der Waals surface area contributed by atoms with Crippen LogP contribution in [0.2, 0.25) is 0 Å². The van der Waals surface area contributed by atoms with Crippen LogP contribution in [0, 0.1) is 6.92 Å². The van der Waals surface area contributed by atoms with Gasteiger partial charge in [-0.05, 0) is 37.3 Å². The molecule has 2 aromatic carbocycles. The van der Waals surface area contributed by atoms with Crippen molar-refractivity contribution in [3.63, 3.8) is 0 Å². The molecule has 110 valence electrons. The van der Waals surface area contributed by atoms with Crippen LogP contribution in [0.4, 0.5) is 5.69 Å². The standard InChI is InChI=1S/C16H13N3O3/c1-9-3-2-4-10(7-9)14(20)17-11-5-6-12-13(8-11)16(22)19-18-15(12)21/h2-8H,1H3,(H,17,20)(H,18,21)(H,19,22). The average Bonchev–Trinajstić information content (AvgIpc) is 2.51. The van der Waals surface area contributed by atoms with E-state index in [2.05, 4.69) is 15.5 Å². The van der Waals surface area contributed by atoms with Crippen molar-refractivity contribution < 1.29 is 4.79 Å². The lowest BCUT2D eigenvalue weighted by molar-refractivity contribution is 0.102. The second kappa shape index (κ2) is 5.33. The molecule has 6 heteroatoms. The molecule has 0 aliphatic carbocycles. The first-order valence-electron chi connectivity index (χ1n) is 6.67. The molecule has 0 saturated heterocycles. The molecule has 0 saturated carbocycles. The van der Waals surface area contributed by atoms with Gasteiger partial charge in [-0.3, -0.25) is 24.6 Å². The predicted molar refractivity (Wildman–Crippen MR) is 84.3 cm³/mol. The molecule has 3 aromatic rings. The van der Waals surface area contributed by atoms with E-state index in [1.807, 2.05) is 13.0 Å². The number of H-pyrrole nitrogens is 2. The number of nitrogens with one attached hydrogen (secondary N) is 3. The minimum Gasteiger partial charge on any atom is -0.322 e. The van der Waals surface area contributed by atoms with Crippen molar-refractivity contribution in [3.8, 4) is 0 Å². The minimum absolute atomic E-state index is 0.228. The van der Waals surface area contributed by atoms with Crippen molar-refractivity contribution in [2.75, 3.05) is 5.32 Å². The summed E-state index contributed by atoms with van der Waals surface area (Å²) in [6.45, 7) is 1.90. The van der Waals surface area contributed by atoms with E-state index in [0.717, 1.165) is 5.56 Å². The maximum absolute atomic E-state index is 12.2. The number of aromatic nitrogens is 2. The molecular formula is C16H13N3O3. The predicted octanol–water partition coefficient (Wildman–Crippen LogP) is 1.78. The van der Waals surface area contributed by atoms with Crippen molar-refractivity contribution in [3.05, 3.63) is 74.3 Å². The molecule has 0 spiro atoms. The molecule has 0 radical (unpaired) electrons. The molecule has 0 aliphatic rings. The highest BCUT2D eigenvalue weighted by Gasteiger charge is 2.08. The van der Waals surface area contributed by atoms with Gasteiger partial charge < -0.3 is 5.32 Å².